The molecule has 0 aliphatic rings. The van der Waals surface area contributed by atoms with Gasteiger partial charge in [0.15, 0.2) is 0 Å². The summed E-state index contributed by atoms with van der Waals surface area (Å²) < 4.78 is 24.2. The van der Waals surface area contributed by atoms with E-state index < -0.39 is 22.6 Å². The number of non-ortho nitro benzene ring substituents is 1. The number of rotatable bonds is 2. The highest BCUT2D eigenvalue weighted by molar-refractivity contribution is 5.51. The van der Waals surface area contributed by atoms with Crippen LogP contribution in [0.15, 0.2) is 18.2 Å². The van der Waals surface area contributed by atoms with E-state index in [1.54, 1.807) is 0 Å². The Hall–Kier alpha value is -1.72. The molecule has 0 amide bonds. The molecule has 0 aliphatic carbocycles. The van der Waals surface area contributed by atoms with E-state index in [1.807, 2.05) is 0 Å². The van der Waals surface area contributed by atoms with Crippen LogP contribution in [0, 0.1) is 10.1 Å². The smallest absolute Gasteiger partial charge is 0.271 e. The van der Waals surface area contributed by atoms with E-state index in [4.69, 9.17) is 5.73 Å². The third kappa shape index (κ3) is 2.11. The zero-order valence-corrected chi connectivity index (χ0v) is 6.41. The van der Waals surface area contributed by atoms with Gasteiger partial charge in [-0.3, -0.25) is 10.1 Å². The van der Waals surface area contributed by atoms with Crippen molar-refractivity contribution >= 4 is 11.4 Å². The maximum atomic E-state index is 12.1. The standard InChI is InChI=1S/C7H6F2N2O2/c8-7(9)4-1-5(10)3-6(2-4)11(12)13/h1-3,7H,10H2. The summed E-state index contributed by atoms with van der Waals surface area (Å²) in [4.78, 5) is 9.47. The maximum absolute atomic E-state index is 12.1. The van der Waals surface area contributed by atoms with Gasteiger partial charge in [0.25, 0.3) is 12.1 Å². The molecule has 6 heteroatoms. The Labute approximate surface area is 72.1 Å². The molecule has 1 aromatic carbocycles. The van der Waals surface area contributed by atoms with Crippen LogP contribution < -0.4 is 5.73 Å². The third-order valence-corrected chi connectivity index (χ3v) is 1.43. The molecule has 0 spiro atoms. The summed E-state index contributed by atoms with van der Waals surface area (Å²) in [6.07, 6.45) is -2.75. The highest BCUT2D eigenvalue weighted by Gasteiger charge is 2.14. The highest BCUT2D eigenvalue weighted by Crippen LogP contribution is 2.25. The Kier molecular flexibility index (Phi) is 2.41. The molecule has 0 aliphatic heterocycles. The van der Waals surface area contributed by atoms with Gasteiger partial charge in [0.2, 0.25) is 0 Å². The van der Waals surface area contributed by atoms with E-state index in [0.29, 0.717) is 0 Å². The Morgan fingerprint density at radius 2 is 2.00 bits per heavy atom. The van der Waals surface area contributed by atoms with Gasteiger partial charge in [0.1, 0.15) is 0 Å². The highest BCUT2D eigenvalue weighted by atomic mass is 19.3. The molecule has 0 saturated carbocycles. The molecule has 0 atom stereocenters. The molecule has 0 radical (unpaired) electrons. The molecular weight excluding hydrogens is 182 g/mol. The molecule has 1 rings (SSSR count). The van der Waals surface area contributed by atoms with Crippen LogP contribution in [0.2, 0.25) is 0 Å². The van der Waals surface area contributed by atoms with Crippen molar-refractivity contribution in [3.05, 3.63) is 33.9 Å². The molecule has 13 heavy (non-hydrogen) atoms. The predicted octanol–water partition coefficient (Wildman–Crippen LogP) is 2.11. The van der Waals surface area contributed by atoms with E-state index in [9.17, 15) is 18.9 Å². The number of halogens is 2. The number of benzene rings is 1. The van der Waals surface area contributed by atoms with Crippen LogP contribution in [0.5, 0.6) is 0 Å². The molecule has 70 valence electrons. The number of hydrogen-bond donors (Lipinski definition) is 1. The minimum Gasteiger partial charge on any atom is -0.399 e. The third-order valence-electron chi connectivity index (χ3n) is 1.43. The molecule has 2 N–H and O–H groups in total. The molecular formula is C7H6F2N2O2. The van der Waals surface area contributed by atoms with Gasteiger partial charge in [-0.15, -0.1) is 0 Å². The lowest BCUT2D eigenvalue weighted by Crippen LogP contribution is -1.94. The molecule has 0 heterocycles. The zero-order chi connectivity index (χ0) is 10.0. The molecule has 0 aromatic heterocycles. The molecule has 0 fully saturated rings. The summed E-state index contributed by atoms with van der Waals surface area (Å²) in [5, 5.41) is 10.2. The van der Waals surface area contributed by atoms with Gasteiger partial charge in [-0.25, -0.2) is 8.78 Å². The molecule has 0 saturated heterocycles. The topological polar surface area (TPSA) is 69.2 Å². The van der Waals surface area contributed by atoms with Gasteiger partial charge >= 0.3 is 0 Å². The number of nitrogens with two attached hydrogens (primary N) is 1. The van der Waals surface area contributed by atoms with Gasteiger partial charge in [-0.05, 0) is 6.07 Å². The van der Waals surface area contributed by atoms with E-state index in [-0.39, 0.29) is 5.69 Å². The van der Waals surface area contributed by atoms with Crippen molar-refractivity contribution in [2.75, 3.05) is 5.73 Å². The first kappa shape index (κ1) is 9.37. The number of anilines is 1. The maximum Gasteiger partial charge on any atom is 0.271 e. The van der Waals surface area contributed by atoms with Crippen LogP contribution in [-0.2, 0) is 0 Å². The lowest BCUT2D eigenvalue weighted by Gasteiger charge is -2.00. The monoisotopic (exact) mass is 188 g/mol. The van der Waals surface area contributed by atoms with Crippen molar-refractivity contribution in [2.45, 2.75) is 6.43 Å². The van der Waals surface area contributed by atoms with E-state index in [0.717, 1.165) is 18.2 Å². The first-order valence-electron chi connectivity index (χ1n) is 3.33. The summed E-state index contributed by atoms with van der Waals surface area (Å²) in [6.45, 7) is 0. The lowest BCUT2D eigenvalue weighted by atomic mass is 10.2. The van der Waals surface area contributed by atoms with Crippen LogP contribution in [-0.4, -0.2) is 4.92 Å². The van der Waals surface area contributed by atoms with Gasteiger partial charge in [-0.2, -0.15) is 0 Å². The van der Waals surface area contributed by atoms with E-state index >= 15 is 0 Å². The molecule has 1 aromatic rings. The van der Waals surface area contributed by atoms with Crippen molar-refractivity contribution < 1.29 is 13.7 Å². The van der Waals surface area contributed by atoms with E-state index in [2.05, 4.69) is 0 Å². The fourth-order valence-corrected chi connectivity index (χ4v) is 0.890. The largest absolute Gasteiger partial charge is 0.399 e. The van der Waals surface area contributed by atoms with Gasteiger partial charge in [0.05, 0.1) is 4.92 Å². The second-order valence-corrected chi connectivity index (χ2v) is 2.42. The minimum absolute atomic E-state index is 0.0375. The first-order chi connectivity index (χ1) is 6.00. The van der Waals surface area contributed by atoms with Crippen LogP contribution in [0.1, 0.15) is 12.0 Å². The number of nitrogens with zero attached hydrogens (tertiary/aromatic N) is 1. The second-order valence-electron chi connectivity index (χ2n) is 2.42. The molecule has 4 nitrogen and oxygen atoms in total. The van der Waals surface area contributed by atoms with Crippen LogP contribution >= 0.6 is 0 Å². The van der Waals surface area contributed by atoms with Crippen molar-refractivity contribution in [3.63, 3.8) is 0 Å². The Morgan fingerprint density at radius 1 is 1.38 bits per heavy atom. The average Bonchev–Trinajstić information content (AvgIpc) is 2.03. The number of alkyl halides is 2. The van der Waals surface area contributed by atoms with Crippen molar-refractivity contribution in [2.24, 2.45) is 0 Å². The summed E-state index contributed by atoms with van der Waals surface area (Å²) in [5.41, 5.74) is 4.30. The fraction of sp³-hybridized carbons (Fsp3) is 0.143. The molecule has 0 bridgehead atoms. The van der Waals surface area contributed by atoms with Crippen LogP contribution in [0.25, 0.3) is 0 Å². The Morgan fingerprint density at radius 3 is 2.46 bits per heavy atom. The summed E-state index contributed by atoms with van der Waals surface area (Å²) in [6, 6.07) is 2.85. The predicted molar refractivity (Wildman–Crippen MR) is 42.5 cm³/mol. The van der Waals surface area contributed by atoms with Crippen LogP contribution in [0.3, 0.4) is 0 Å². The summed E-state index contributed by atoms with van der Waals surface area (Å²) in [5.74, 6) is 0. The molecule has 0 unspecified atom stereocenters. The van der Waals surface area contributed by atoms with E-state index in [1.165, 1.54) is 0 Å². The van der Waals surface area contributed by atoms with Crippen molar-refractivity contribution in [1.82, 2.24) is 0 Å². The number of hydrogen-bond acceptors (Lipinski definition) is 3. The summed E-state index contributed by atoms with van der Waals surface area (Å²) >= 11 is 0. The summed E-state index contributed by atoms with van der Waals surface area (Å²) in [7, 11) is 0. The fourth-order valence-electron chi connectivity index (χ4n) is 0.890. The SMILES string of the molecule is Nc1cc(C(F)F)cc([N+](=O)[O-])c1. The zero-order valence-electron chi connectivity index (χ0n) is 6.41. The number of nitro benzene ring substituents is 1. The second kappa shape index (κ2) is 3.34. The number of nitrogen functional groups attached to an aromatic ring is 1. The van der Waals surface area contributed by atoms with Crippen LogP contribution in [0.4, 0.5) is 20.2 Å². The van der Waals surface area contributed by atoms with Gasteiger partial charge in [0, 0.05) is 23.4 Å². The average molecular weight is 188 g/mol. The first-order valence-corrected chi connectivity index (χ1v) is 3.33. The van der Waals surface area contributed by atoms with Gasteiger partial charge < -0.3 is 5.73 Å². The Balaban J connectivity index is 3.19. The lowest BCUT2D eigenvalue weighted by molar-refractivity contribution is -0.384. The quantitative estimate of drug-likeness (QED) is 0.439. The Bertz CT molecular complexity index is 341. The van der Waals surface area contributed by atoms with Crippen molar-refractivity contribution in [1.29, 1.82) is 0 Å². The normalized spacial score (nSPS) is 10.4. The minimum atomic E-state index is -2.75. The van der Waals surface area contributed by atoms with Crippen molar-refractivity contribution in [3.8, 4) is 0 Å². The number of nitro groups is 1. The van der Waals surface area contributed by atoms with Gasteiger partial charge in [-0.1, -0.05) is 0 Å².